The molecule has 2 rings (SSSR count). The number of hydrogen-bond donors (Lipinski definition) is 1. The zero-order valence-electron chi connectivity index (χ0n) is 11.0. The van der Waals surface area contributed by atoms with Crippen LogP contribution in [-0.2, 0) is 0 Å². The van der Waals surface area contributed by atoms with Crippen LogP contribution in [0.5, 0.6) is 0 Å². The monoisotopic (exact) mass is 317 g/mol. The van der Waals surface area contributed by atoms with Crippen molar-refractivity contribution in [2.75, 3.05) is 0 Å². The molecule has 0 radical (unpaired) electrons. The summed E-state index contributed by atoms with van der Waals surface area (Å²) in [7, 11) is 0. The number of aromatic nitrogens is 1. The number of benzene rings is 1. The van der Waals surface area contributed by atoms with Gasteiger partial charge in [0.15, 0.2) is 0 Å². The van der Waals surface area contributed by atoms with E-state index in [0.717, 1.165) is 27.4 Å². The molecular weight excluding hydrogens is 302 g/mol. The van der Waals surface area contributed by atoms with Crippen molar-refractivity contribution in [3.8, 4) is 6.07 Å². The maximum Gasteiger partial charge on any atom is 0.123 e. The summed E-state index contributed by atoms with van der Waals surface area (Å²) < 4.78 is 1.000. The van der Waals surface area contributed by atoms with Gasteiger partial charge in [-0.1, -0.05) is 35.0 Å². The molecule has 1 aromatic carbocycles. The topological polar surface area (TPSA) is 48.7 Å². The van der Waals surface area contributed by atoms with Crippen LogP contribution in [-0.4, -0.2) is 11.0 Å². The van der Waals surface area contributed by atoms with E-state index < -0.39 is 0 Å². The van der Waals surface area contributed by atoms with Crippen LogP contribution in [0.4, 0.5) is 0 Å². The fourth-order valence-corrected chi connectivity index (χ4v) is 2.44. The van der Waals surface area contributed by atoms with Crippen LogP contribution in [0.2, 0.25) is 0 Å². The Hall–Kier alpha value is -1.44. The van der Waals surface area contributed by atoms with E-state index >= 15 is 0 Å². The minimum absolute atomic E-state index is 0.298. The summed E-state index contributed by atoms with van der Waals surface area (Å²) in [6.07, 6.45) is 2.75. The van der Waals surface area contributed by atoms with Crippen LogP contribution < -0.4 is 5.32 Å². The molecule has 0 aliphatic carbocycles. The van der Waals surface area contributed by atoms with Gasteiger partial charge in [0.05, 0.1) is 11.6 Å². The summed E-state index contributed by atoms with van der Waals surface area (Å²) in [6.45, 7) is 4.18. The van der Waals surface area contributed by atoms with Gasteiger partial charge in [0.2, 0.25) is 0 Å². The second-order valence-corrected chi connectivity index (χ2v) is 5.43. The lowest BCUT2D eigenvalue weighted by Crippen LogP contribution is -2.29. The van der Waals surface area contributed by atoms with E-state index in [-0.39, 0.29) is 6.04 Å². The SMILES string of the molecule is CCC(C)NC(C#N)c1ccc(Br)c2cccnc12. The predicted octanol–water partition coefficient (Wildman–Crippen LogP) is 3.95. The molecule has 1 N–H and O–H groups in total. The molecule has 0 amide bonds. The van der Waals surface area contributed by atoms with Gasteiger partial charge < -0.3 is 0 Å². The first kappa shape index (κ1) is 14.0. The number of hydrogen-bond acceptors (Lipinski definition) is 3. The lowest BCUT2D eigenvalue weighted by Gasteiger charge is -2.18. The predicted molar refractivity (Wildman–Crippen MR) is 80.7 cm³/mol. The molecule has 0 saturated carbocycles. The minimum atomic E-state index is -0.333. The number of nitriles is 1. The second-order valence-electron chi connectivity index (χ2n) is 4.57. The first-order chi connectivity index (χ1) is 9.17. The minimum Gasteiger partial charge on any atom is -0.296 e. The summed E-state index contributed by atoms with van der Waals surface area (Å²) in [5.41, 5.74) is 1.81. The smallest absolute Gasteiger partial charge is 0.123 e. The molecule has 4 heteroatoms. The van der Waals surface area contributed by atoms with Gasteiger partial charge in [0.1, 0.15) is 6.04 Å². The fraction of sp³-hybridized carbons (Fsp3) is 0.333. The maximum absolute atomic E-state index is 9.40. The van der Waals surface area contributed by atoms with Crippen LogP contribution in [0, 0.1) is 11.3 Å². The number of pyridine rings is 1. The molecule has 3 nitrogen and oxygen atoms in total. The van der Waals surface area contributed by atoms with Crippen LogP contribution in [0.3, 0.4) is 0 Å². The number of nitrogens with zero attached hydrogens (tertiary/aromatic N) is 2. The Morgan fingerprint density at radius 1 is 1.42 bits per heavy atom. The Labute approximate surface area is 121 Å². The summed E-state index contributed by atoms with van der Waals surface area (Å²) in [5.74, 6) is 0. The van der Waals surface area contributed by atoms with Gasteiger partial charge in [-0.2, -0.15) is 5.26 Å². The van der Waals surface area contributed by atoms with Gasteiger partial charge in [-0.25, -0.2) is 0 Å². The van der Waals surface area contributed by atoms with E-state index in [1.165, 1.54) is 0 Å². The highest BCUT2D eigenvalue weighted by atomic mass is 79.9. The molecule has 0 bridgehead atoms. The van der Waals surface area contributed by atoms with Crippen molar-refractivity contribution in [3.05, 3.63) is 40.5 Å². The maximum atomic E-state index is 9.40. The van der Waals surface area contributed by atoms with Gasteiger partial charge in [-0.15, -0.1) is 0 Å². The molecule has 0 aliphatic heterocycles. The molecule has 98 valence electrons. The number of rotatable bonds is 4. The Kier molecular flexibility index (Phi) is 4.52. The van der Waals surface area contributed by atoms with E-state index in [0.29, 0.717) is 6.04 Å². The van der Waals surface area contributed by atoms with Gasteiger partial charge in [0.25, 0.3) is 0 Å². The molecule has 0 fully saturated rings. The van der Waals surface area contributed by atoms with E-state index in [1.807, 2.05) is 24.3 Å². The summed E-state index contributed by atoms with van der Waals surface area (Å²) in [6, 6.07) is 10.1. The first-order valence-electron chi connectivity index (χ1n) is 6.36. The highest BCUT2D eigenvalue weighted by Crippen LogP contribution is 2.28. The second kappa shape index (κ2) is 6.14. The molecule has 1 aromatic heterocycles. The van der Waals surface area contributed by atoms with Crippen molar-refractivity contribution in [2.24, 2.45) is 0 Å². The zero-order valence-corrected chi connectivity index (χ0v) is 12.6. The van der Waals surface area contributed by atoms with Crippen molar-refractivity contribution in [1.29, 1.82) is 5.26 Å². The Balaban J connectivity index is 2.50. The lowest BCUT2D eigenvalue weighted by molar-refractivity contribution is 0.502. The average molecular weight is 318 g/mol. The van der Waals surface area contributed by atoms with Crippen LogP contribution >= 0.6 is 15.9 Å². The van der Waals surface area contributed by atoms with Crippen molar-refractivity contribution in [3.63, 3.8) is 0 Å². The molecule has 0 spiro atoms. The van der Waals surface area contributed by atoms with Crippen molar-refractivity contribution < 1.29 is 0 Å². The molecule has 0 aliphatic rings. The highest BCUT2D eigenvalue weighted by Gasteiger charge is 2.17. The van der Waals surface area contributed by atoms with E-state index in [1.54, 1.807) is 6.20 Å². The van der Waals surface area contributed by atoms with Gasteiger partial charge in [0, 0.05) is 27.7 Å². The Morgan fingerprint density at radius 3 is 2.89 bits per heavy atom. The van der Waals surface area contributed by atoms with Crippen LogP contribution in [0.15, 0.2) is 34.9 Å². The van der Waals surface area contributed by atoms with E-state index in [4.69, 9.17) is 0 Å². The van der Waals surface area contributed by atoms with E-state index in [9.17, 15) is 5.26 Å². The fourth-order valence-electron chi connectivity index (χ4n) is 1.99. The third-order valence-electron chi connectivity index (χ3n) is 3.25. The third-order valence-corrected chi connectivity index (χ3v) is 3.94. The Morgan fingerprint density at radius 2 is 2.21 bits per heavy atom. The summed E-state index contributed by atoms with van der Waals surface area (Å²) >= 11 is 3.52. The molecule has 2 aromatic rings. The number of nitrogens with one attached hydrogen (secondary N) is 1. The molecule has 2 atom stereocenters. The quantitative estimate of drug-likeness (QED) is 0.928. The lowest BCUT2D eigenvalue weighted by atomic mass is 10.0. The average Bonchev–Trinajstić information content (AvgIpc) is 2.45. The number of halogens is 1. The van der Waals surface area contributed by atoms with Gasteiger partial charge in [-0.05, 0) is 25.5 Å². The standard InChI is InChI=1S/C15H16BrN3/c1-3-10(2)19-14(9-17)12-6-7-13(16)11-5-4-8-18-15(11)12/h4-8,10,14,19H,3H2,1-2H3. The largest absolute Gasteiger partial charge is 0.296 e. The molecular formula is C15H16BrN3. The first-order valence-corrected chi connectivity index (χ1v) is 7.15. The molecule has 1 heterocycles. The zero-order chi connectivity index (χ0) is 13.8. The van der Waals surface area contributed by atoms with E-state index in [2.05, 4.69) is 46.1 Å². The van der Waals surface area contributed by atoms with Crippen molar-refractivity contribution >= 4 is 26.8 Å². The molecule has 19 heavy (non-hydrogen) atoms. The van der Waals surface area contributed by atoms with Crippen molar-refractivity contribution in [2.45, 2.75) is 32.4 Å². The molecule has 0 saturated heterocycles. The van der Waals surface area contributed by atoms with Crippen LogP contribution in [0.25, 0.3) is 10.9 Å². The van der Waals surface area contributed by atoms with Gasteiger partial charge >= 0.3 is 0 Å². The summed E-state index contributed by atoms with van der Waals surface area (Å²) in [5, 5.41) is 13.8. The van der Waals surface area contributed by atoms with Gasteiger partial charge in [-0.3, -0.25) is 10.3 Å². The van der Waals surface area contributed by atoms with Crippen molar-refractivity contribution in [1.82, 2.24) is 10.3 Å². The Bertz CT molecular complexity index is 618. The third kappa shape index (κ3) is 2.94. The van der Waals surface area contributed by atoms with Crippen LogP contribution in [0.1, 0.15) is 31.9 Å². The summed E-state index contributed by atoms with van der Waals surface area (Å²) in [4.78, 5) is 4.42. The normalized spacial score (nSPS) is 14.0. The molecule has 2 unspecified atom stereocenters. The highest BCUT2D eigenvalue weighted by molar-refractivity contribution is 9.10. The number of fused-ring (bicyclic) bond motifs is 1.